The van der Waals surface area contributed by atoms with Crippen molar-refractivity contribution in [3.63, 3.8) is 0 Å². The van der Waals surface area contributed by atoms with Crippen molar-refractivity contribution >= 4 is 0 Å². The van der Waals surface area contributed by atoms with Crippen molar-refractivity contribution < 1.29 is 9.63 Å². The van der Waals surface area contributed by atoms with E-state index in [0.29, 0.717) is 17.7 Å². The smallest absolute Gasteiger partial charge is 0.232 e. The van der Waals surface area contributed by atoms with Crippen LogP contribution in [-0.2, 0) is 0 Å². The van der Waals surface area contributed by atoms with E-state index >= 15 is 0 Å². The Bertz CT molecular complexity index is 385. The van der Waals surface area contributed by atoms with Gasteiger partial charge < -0.3 is 9.63 Å². The van der Waals surface area contributed by atoms with E-state index in [2.05, 4.69) is 30.9 Å². The molecule has 0 saturated heterocycles. The maximum atomic E-state index is 9.86. The minimum Gasteiger partial charge on any atom is -0.393 e. The molecule has 1 aliphatic rings. The normalized spacial score (nSPS) is 27.5. The minimum absolute atomic E-state index is 0.0660. The van der Waals surface area contributed by atoms with Gasteiger partial charge in [0, 0.05) is 5.92 Å². The number of aromatic nitrogens is 2. The van der Waals surface area contributed by atoms with Crippen molar-refractivity contribution in [3.05, 3.63) is 11.7 Å². The van der Waals surface area contributed by atoms with Crippen LogP contribution >= 0.6 is 0 Å². The van der Waals surface area contributed by atoms with Gasteiger partial charge in [-0.3, -0.25) is 0 Å². The fourth-order valence-corrected chi connectivity index (χ4v) is 3.12. The third kappa shape index (κ3) is 3.35. The van der Waals surface area contributed by atoms with Crippen molar-refractivity contribution in [2.45, 2.75) is 71.3 Å². The number of rotatable bonds is 4. The lowest BCUT2D eigenvalue weighted by molar-refractivity contribution is 0.120. The van der Waals surface area contributed by atoms with Gasteiger partial charge in [-0.1, -0.05) is 38.8 Å². The van der Waals surface area contributed by atoms with Gasteiger partial charge in [-0.05, 0) is 31.6 Å². The van der Waals surface area contributed by atoms with Gasteiger partial charge in [0.15, 0.2) is 5.82 Å². The number of aliphatic hydroxyl groups is 1. The lowest BCUT2D eigenvalue weighted by Gasteiger charge is -2.23. The fraction of sp³-hybridized carbons (Fsp3) is 0.867. The molecule has 4 nitrogen and oxygen atoms in total. The van der Waals surface area contributed by atoms with E-state index < -0.39 is 6.10 Å². The molecule has 0 amide bonds. The van der Waals surface area contributed by atoms with Crippen LogP contribution < -0.4 is 0 Å². The maximum absolute atomic E-state index is 9.86. The first-order valence-corrected chi connectivity index (χ1v) is 7.50. The summed E-state index contributed by atoms with van der Waals surface area (Å²) in [4.78, 5) is 4.56. The molecule has 1 saturated carbocycles. The first-order valence-electron chi connectivity index (χ1n) is 7.50. The van der Waals surface area contributed by atoms with Crippen molar-refractivity contribution in [1.29, 1.82) is 0 Å². The monoisotopic (exact) mass is 266 g/mol. The lowest BCUT2D eigenvalue weighted by Crippen LogP contribution is -2.20. The molecule has 108 valence electrons. The van der Waals surface area contributed by atoms with E-state index in [9.17, 15) is 5.11 Å². The Morgan fingerprint density at radius 1 is 1.16 bits per heavy atom. The minimum atomic E-state index is -0.459. The van der Waals surface area contributed by atoms with E-state index in [1.807, 2.05) is 0 Å². The van der Waals surface area contributed by atoms with Crippen LogP contribution in [-0.4, -0.2) is 21.4 Å². The Morgan fingerprint density at radius 3 is 2.32 bits per heavy atom. The Balaban J connectivity index is 2.09. The van der Waals surface area contributed by atoms with Gasteiger partial charge in [-0.15, -0.1) is 0 Å². The highest BCUT2D eigenvalue weighted by atomic mass is 16.5. The SMILES string of the molecule is CC1CCC(c2noc(C(C(C)C)C(C)O)n2)CC1. The van der Waals surface area contributed by atoms with Crippen LogP contribution in [0.3, 0.4) is 0 Å². The molecule has 1 aromatic heterocycles. The quantitative estimate of drug-likeness (QED) is 0.906. The topological polar surface area (TPSA) is 59.2 Å². The molecule has 4 heteroatoms. The number of hydrogen-bond donors (Lipinski definition) is 1. The molecule has 0 bridgehead atoms. The highest BCUT2D eigenvalue weighted by molar-refractivity contribution is 5.02. The summed E-state index contributed by atoms with van der Waals surface area (Å²) in [5.41, 5.74) is 0. The number of hydrogen-bond acceptors (Lipinski definition) is 4. The molecule has 1 aliphatic carbocycles. The maximum Gasteiger partial charge on any atom is 0.232 e. The van der Waals surface area contributed by atoms with Crippen molar-refractivity contribution in [1.82, 2.24) is 10.1 Å². The predicted molar refractivity (Wildman–Crippen MR) is 73.9 cm³/mol. The van der Waals surface area contributed by atoms with Gasteiger partial charge >= 0.3 is 0 Å². The largest absolute Gasteiger partial charge is 0.393 e. The lowest BCUT2D eigenvalue weighted by atomic mass is 9.82. The van der Waals surface area contributed by atoms with Crippen LogP contribution in [0.4, 0.5) is 0 Å². The fourth-order valence-electron chi connectivity index (χ4n) is 3.12. The van der Waals surface area contributed by atoms with Crippen LogP contribution in [0.5, 0.6) is 0 Å². The second-order valence-corrected chi connectivity index (χ2v) is 6.46. The van der Waals surface area contributed by atoms with Crippen molar-refractivity contribution in [2.24, 2.45) is 11.8 Å². The summed E-state index contributed by atoms with van der Waals surface area (Å²) in [6.07, 6.45) is 4.35. The first-order chi connectivity index (χ1) is 8.99. The van der Waals surface area contributed by atoms with Gasteiger partial charge in [0.25, 0.3) is 0 Å². The molecule has 1 heterocycles. The van der Waals surface area contributed by atoms with E-state index in [-0.39, 0.29) is 5.92 Å². The average molecular weight is 266 g/mol. The van der Waals surface area contributed by atoms with E-state index in [0.717, 1.165) is 24.6 Å². The van der Waals surface area contributed by atoms with E-state index in [1.165, 1.54) is 12.8 Å². The van der Waals surface area contributed by atoms with Gasteiger partial charge in [-0.2, -0.15) is 4.98 Å². The molecule has 0 spiro atoms. The van der Waals surface area contributed by atoms with E-state index in [1.54, 1.807) is 6.92 Å². The Labute approximate surface area is 115 Å². The van der Waals surface area contributed by atoms with Crippen LogP contribution in [0.2, 0.25) is 0 Å². The Morgan fingerprint density at radius 2 is 1.79 bits per heavy atom. The summed E-state index contributed by atoms with van der Waals surface area (Å²) in [7, 11) is 0. The summed E-state index contributed by atoms with van der Waals surface area (Å²) in [6.45, 7) is 8.24. The van der Waals surface area contributed by atoms with Crippen LogP contribution in [0, 0.1) is 11.8 Å². The molecule has 0 aromatic carbocycles. The van der Waals surface area contributed by atoms with Gasteiger partial charge in [0.1, 0.15) is 0 Å². The summed E-state index contributed by atoms with van der Waals surface area (Å²) in [5, 5.41) is 14.0. The molecule has 2 atom stereocenters. The van der Waals surface area contributed by atoms with Gasteiger partial charge in [0.2, 0.25) is 5.89 Å². The molecule has 0 radical (unpaired) electrons. The molecule has 1 N–H and O–H groups in total. The van der Waals surface area contributed by atoms with Gasteiger partial charge in [0.05, 0.1) is 12.0 Å². The second-order valence-electron chi connectivity index (χ2n) is 6.46. The van der Waals surface area contributed by atoms with Crippen LogP contribution in [0.1, 0.15) is 76.9 Å². The zero-order valence-electron chi connectivity index (χ0n) is 12.5. The number of aliphatic hydroxyl groups excluding tert-OH is 1. The third-order valence-electron chi connectivity index (χ3n) is 4.36. The molecule has 19 heavy (non-hydrogen) atoms. The average Bonchev–Trinajstić information content (AvgIpc) is 2.78. The molecule has 0 aliphatic heterocycles. The molecule has 2 rings (SSSR count). The summed E-state index contributed by atoms with van der Waals surface area (Å²) in [6, 6.07) is 0. The predicted octanol–water partition coefficient (Wildman–Crippen LogP) is 3.48. The van der Waals surface area contributed by atoms with Crippen LogP contribution in [0.25, 0.3) is 0 Å². The molecule has 2 unspecified atom stereocenters. The third-order valence-corrected chi connectivity index (χ3v) is 4.36. The number of nitrogens with zero attached hydrogens (tertiary/aromatic N) is 2. The molecule has 1 aromatic rings. The van der Waals surface area contributed by atoms with Crippen molar-refractivity contribution in [2.75, 3.05) is 0 Å². The van der Waals surface area contributed by atoms with Crippen molar-refractivity contribution in [3.8, 4) is 0 Å². The standard InChI is InChI=1S/C15H26N2O2/c1-9(2)13(11(4)18)15-16-14(17-19-15)12-7-5-10(3)6-8-12/h9-13,18H,5-8H2,1-4H3. The van der Waals surface area contributed by atoms with Gasteiger partial charge in [-0.25, -0.2) is 0 Å². The summed E-state index contributed by atoms with van der Waals surface area (Å²) >= 11 is 0. The second kappa shape index (κ2) is 6.04. The molecular formula is C15H26N2O2. The van der Waals surface area contributed by atoms with Crippen LogP contribution in [0.15, 0.2) is 4.52 Å². The zero-order valence-corrected chi connectivity index (χ0v) is 12.5. The summed E-state index contributed by atoms with van der Waals surface area (Å²) < 4.78 is 5.41. The zero-order chi connectivity index (χ0) is 14.0. The molecular weight excluding hydrogens is 240 g/mol. The highest BCUT2D eigenvalue weighted by Gasteiger charge is 2.29. The Kier molecular flexibility index (Phi) is 4.61. The van der Waals surface area contributed by atoms with E-state index in [4.69, 9.17) is 4.52 Å². The highest BCUT2D eigenvalue weighted by Crippen LogP contribution is 2.35. The summed E-state index contributed by atoms with van der Waals surface area (Å²) in [5.74, 6) is 2.93. The molecule has 1 fully saturated rings. The Hall–Kier alpha value is -0.900. The first kappa shape index (κ1) is 14.5.